The number of rotatable bonds is 10. The zero-order chi connectivity index (χ0) is 71.3. The van der Waals surface area contributed by atoms with Crippen molar-refractivity contribution in [3.8, 4) is 0 Å². The highest BCUT2D eigenvalue weighted by molar-refractivity contribution is 7.57. The lowest BCUT2D eigenvalue weighted by Gasteiger charge is -2.45. The first-order valence-corrected chi connectivity index (χ1v) is 35.4. The number of aromatic amines is 1. The molecule has 93 heavy (non-hydrogen) atoms. The Morgan fingerprint density at radius 2 is 0.806 bits per heavy atom. The van der Waals surface area contributed by atoms with Crippen LogP contribution in [0.4, 0.5) is 5.69 Å². The molecule has 0 atom stereocenters. The van der Waals surface area contributed by atoms with Crippen LogP contribution in [0, 0.1) is 180 Å². The normalized spacial score (nSPS) is 12.9. The fourth-order valence-electron chi connectivity index (χ4n) is 12.3. The second kappa shape index (κ2) is 28.7. The van der Waals surface area contributed by atoms with Gasteiger partial charge >= 0.3 is 13.4 Å². The zero-order valence-electron chi connectivity index (χ0n) is 65.1. The maximum atomic E-state index is 9.95. The minimum absolute atomic E-state index is 0.00538. The zero-order valence-corrected chi connectivity index (χ0v) is 66.0. The summed E-state index contributed by atoms with van der Waals surface area (Å²) in [4.78, 5) is 9.17. The van der Waals surface area contributed by atoms with Gasteiger partial charge in [0.15, 0.2) is 0 Å². The minimum atomic E-state index is -2.09. The molecular weight excluding hydrogens is 1170 g/mol. The van der Waals surface area contributed by atoms with Gasteiger partial charge in [-0.2, -0.15) is 9.67 Å². The van der Waals surface area contributed by atoms with E-state index < -0.39 is 12.3 Å². The average Bonchev–Trinajstić information content (AvgIpc) is 1.56. The molecule has 0 radical (unpaired) electrons. The number of hydrogen-bond acceptors (Lipinski definition) is 9. The number of pyridine rings is 2. The molecule has 0 fully saturated rings. The third-order valence-electron chi connectivity index (χ3n) is 22.0. The lowest BCUT2D eigenvalue weighted by Crippen LogP contribution is -2.67. The van der Waals surface area contributed by atoms with Crippen LogP contribution >= 0.6 is 7.92 Å². The molecule has 0 unspecified atom stereocenters. The van der Waals surface area contributed by atoms with Crippen molar-refractivity contribution >= 4 is 31.7 Å². The quantitative estimate of drug-likeness (QED) is 0.0687. The Morgan fingerprint density at radius 1 is 0.452 bits per heavy atom. The molecule has 0 bridgehead atoms. The third-order valence-corrected chi connectivity index (χ3v) is 24.5. The SMILES string of the molecule is CC1=[N+](C)C[N+](c2cc(C)c(C)c(C)c2C)=C1C.CNC(C)(C)c1nc(C)c(C)c(C)c1C.Cc1[nH]nc(C(C)(C)P(C)C)c1C.Cc1nc(C(C)(C)O)c(C)c(C)c1C.Cc1nn([B-](n2nc(C)c(C)c2C)(n2nc(C)c(C)c2C)n2nc(C)c(C)c2C)c(C)c1C. The van der Waals surface area contributed by atoms with E-state index in [1.807, 2.05) is 20.9 Å². The molecular formula is C75H120BN15OP+. The molecule has 0 spiro atoms. The van der Waals surface area contributed by atoms with E-state index in [9.17, 15) is 5.11 Å². The van der Waals surface area contributed by atoms with Crippen molar-refractivity contribution in [1.82, 2.24) is 64.2 Å². The van der Waals surface area contributed by atoms with Crippen LogP contribution in [0.3, 0.4) is 0 Å². The van der Waals surface area contributed by atoms with Crippen LogP contribution in [0.1, 0.15) is 219 Å². The monoisotopic (exact) mass is 1290 g/mol. The van der Waals surface area contributed by atoms with Crippen LogP contribution in [0.25, 0.3) is 0 Å². The summed E-state index contributed by atoms with van der Waals surface area (Å²) in [7, 11) is 4.13. The Labute approximate surface area is 562 Å². The van der Waals surface area contributed by atoms with Crippen molar-refractivity contribution in [2.75, 3.05) is 34.1 Å². The maximum absolute atomic E-state index is 9.95. The molecule has 1 aromatic carbocycles. The van der Waals surface area contributed by atoms with E-state index in [0.717, 1.165) is 103 Å². The predicted molar refractivity (Wildman–Crippen MR) is 394 cm³/mol. The first kappa shape index (κ1) is 77.0. The predicted octanol–water partition coefficient (Wildman–Crippen LogP) is 15.5. The molecule has 1 aliphatic rings. The van der Waals surface area contributed by atoms with Gasteiger partial charge in [0.1, 0.15) is 12.6 Å². The Morgan fingerprint density at radius 3 is 1.10 bits per heavy atom. The van der Waals surface area contributed by atoms with E-state index >= 15 is 0 Å². The molecule has 0 saturated heterocycles. The molecule has 508 valence electrons. The van der Waals surface area contributed by atoms with Crippen LogP contribution in [0.15, 0.2) is 6.07 Å². The Bertz CT molecular complexity index is 3960. The van der Waals surface area contributed by atoms with Gasteiger partial charge in [-0.1, -0.05) is 13.8 Å². The fourth-order valence-corrected chi connectivity index (χ4v) is 13.0. The molecule has 16 nitrogen and oxygen atoms in total. The van der Waals surface area contributed by atoms with Gasteiger partial charge in [-0.25, -0.2) is 20.4 Å². The Balaban J connectivity index is 0.000000224. The molecule has 0 aliphatic carbocycles. The van der Waals surface area contributed by atoms with Gasteiger partial charge in [0.25, 0.3) is 5.71 Å². The Kier molecular flexibility index (Phi) is 23.8. The number of nitrogens with one attached hydrogen (secondary N) is 2. The second-order valence-corrected chi connectivity index (χ2v) is 31.6. The lowest BCUT2D eigenvalue weighted by molar-refractivity contribution is -0.665. The van der Waals surface area contributed by atoms with Crippen molar-refractivity contribution in [3.63, 3.8) is 0 Å². The first-order valence-electron chi connectivity index (χ1n) is 33.1. The molecule has 7 aromatic heterocycles. The molecule has 0 saturated carbocycles. The summed E-state index contributed by atoms with van der Waals surface area (Å²) in [5, 5.41) is 41.4. The first-order chi connectivity index (χ1) is 42.6. The van der Waals surface area contributed by atoms with Crippen LogP contribution in [-0.4, -0.2) is 125 Å². The topological polar surface area (TPSA) is 164 Å². The summed E-state index contributed by atoms with van der Waals surface area (Å²) in [6.45, 7) is 75.4. The Hall–Kier alpha value is -6.68. The van der Waals surface area contributed by atoms with Crippen LogP contribution in [-0.2, 0) is 16.3 Å². The van der Waals surface area contributed by atoms with Gasteiger partial charge in [0.2, 0.25) is 11.4 Å². The van der Waals surface area contributed by atoms with Crippen LogP contribution in [0.2, 0.25) is 0 Å². The van der Waals surface area contributed by atoms with Crippen LogP contribution < -0.4 is 5.32 Å². The second-order valence-electron chi connectivity index (χ2n) is 28.7. The van der Waals surface area contributed by atoms with Crippen molar-refractivity contribution < 1.29 is 14.3 Å². The summed E-state index contributed by atoms with van der Waals surface area (Å²) in [6, 6.07) is 2.33. The van der Waals surface area contributed by atoms with E-state index in [1.54, 1.807) is 13.8 Å². The van der Waals surface area contributed by atoms with Crippen molar-refractivity contribution in [3.05, 3.63) is 169 Å². The molecule has 9 rings (SSSR count). The highest BCUT2D eigenvalue weighted by Gasteiger charge is 2.45. The molecule has 3 N–H and O–H groups in total. The van der Waals surface area contributed by atoms with E-state index in [2.05, 4.69) is 282 Å². The van der Waals surface area contributed by atoms with Gasteiger partial charge in [-0.05, 0) is 329 Å². The van der Waals surface area contributed by atoms with E-state index in [-0.39, 0.29) is 18.6 Å². The number of nitrogens with zero attached hydrogens (tertiary/aromatic N) is 13. The number of aryl methyl sites for hydroxylation is 8. The molecule has 18 heteroatoms. The molecule has 1 aliphatic heterocycles. The summed E-state index contributed by atoms with van der Waals surface area (Å²) in [5.41, 5.74) is 37.1. The molecule has 8 heterocycles. The van der Waals surface area contributed by atoms with E-state index in [1.165, 1.54) is 84.1 Å². The maximum Gasteiger partial charge on any atom is 0.466 e. The van der Waals surface area contributed by atoms with Gasteiger partial charge in [-0.3, -0.25) is 15.1 Å². The average molecular weight is 1290 g/mol. The molecule has 0 amide bonds. The number of aliphatic hydroxyl groups is 1. The van der Waals surface area contributed by atoms with Crippen molar-refractivity contribution in [1.29, 1.82) is 0 Å². The highest BCUT2D eigenvalue weighted by Crippen LogP contribution is 2.50. The number of hydrogen-bond donors (Lipinski definition) is 3. The largest absolute Gasteiger partial charge is 0.466 e. The fraction of sp³-hybridized carbons (Fsp3) is 0.560. The van der Waals surface area contributed by atoms with Gasteiger partial charge in [-0.15, -0.1) is 12.5 Å². The van der Waals surface area contributed by atoms with Crippen molar-refractivity contribution in [2.45, 2.75) is 252 Å². The minimum Gasteiger partial charge on any atom is -0.384 e. The smallest absolute Gasteiger partial charge is 0.384 e. The summed E-state index contributed by atoms with van der Waals surface area (Å²) < 4.78 is 13.2. The summed E-state index contributed by atoms with van der Waals surface area (Å²) >= 11 is 0. The van der Waals surface area contributed by atoms with E-state index in [4.69, 9.17) is 25.4 Å². The number of H-pyrrole nitrogens is 1. The highest BCUT2D eigenvalue weighted by atomic mass is 31.1. The number of aromatic nitrogens is 12. The molecule has 8 aromatic rings. The third kappa shape index (κ3) is 14.6. The van der Waals surface area contributed by atoms with Crippen LogP contribution in [0.5, 0.6) is 0 Å². The van der Waals surface area contributed by atoms with Gasteiger partial charge in [0.05, 0.1) is 45.4 Å². The van der Waals surface area contributed by atoms with Gasteiger partial charge < -0.3 is 28.8 Å². The summed E-state index contributed by atoms with van der Waals surface area (Å²) in [5.74, 6) is 0. The lowest BCUT2D eigenvalue weighted by atomic mass is 9.73. The number of benzene rings is 1. The van der Waals surface area contributed by atoms with Gasteiger partial charge in [0, 0.05) is 47.7 Å². The van der Waals surface area contributed by atoms with Crippen molar-refractivity contribution in [2.24, 2.45) is 0 Å². The van der Waals surface area contributed by atoms with E-state index in [0.29, 0.717) is 0 Å². The summed E-state index contributed by atoms with van der Waals surface area (Å²) in [6.07, 6.45) is 0. The standard InChI is InChI=1S/C24H36BN8.C16H24N2.C13H22N2.C12H19NO.C10H19N2P/c1-13-17(5)26-30(21(13)9)25(31-22(10)14(2)18(6)27-31,32-23(11)15(3)19(7)28-32)33-24(12)16(4)20(8)29-33;1-10-8-16(13(4)12(3)11(10)2)18-9-17(7)14(5)15(18)6;1-8-9(2)11(4)15-12(10(8)3)13(5,6)14-7;1-7-8(2)10(4)13-11(9(7)3)12(5,6)14;1-7-8(2)11-12-9(7)10(3,4)13(5)6/h1-12H3;8H,9H2,1-7H3;14H,1-7H3;14H,1-6H3;1-6H3,(H,11,12)/q-1;+2;;;.